The zero-order valence-electron chi connectivity index (χ0n) is 9.24. The van der Waals surface area contributed by atoms with Gasteiger partial charge in [-0.2, -0.15) is 0 Å². The Bertz CT molecular complexity index is 476. The highest BCUT2D eigenvalue weighted by atomic mass is 19.1. The lowest BCUT2D eigenvalue weighted by Crippen LogP contribution is -2.05. The van der Waals surface area contributed by atoms with Crippen LogP contribution < -0.4 is 0 Å². The van der Waals surface area contributed by atoms with Crippen LogP contribution in [0.2, 0.25) is 0 Å². The molecule has 86 valence electrons. The zero-order valence-corrected chi connectivity index (χ0v) is 9.24. The van der Waals surface area contributed by atoms with Gasteiger partial charge >= 0.3 is 0 Å². The molecule has 0 bridgehead atoms. The van der Waals surface area contributed by atoms with Gasteiger partial charge in [-0.15, -0.1) is 0 Å². The molecule has 2 aromatic rings. The van der Waals surface area contributed by atoms with Crippen LogP contribution in [0.4, 0.5) is 4.39 Å². The monoisotopic (exact) mass is 222 g/mol. The normalized spacial score (nSPS) is 13.2. The molecule has 1 atom stereocenters. The number of rotatable bonds is 4. The number of aliphatic hydroxyl groups is 1. The van der Waals surface area contributed by atoms with Crippen molar-refractivity contribution in [2.24, 2.45) is 0 Å². The van der Waals surface area contributed by atoms with E-state index in [9.17, 15) is 9.50 Å². The number of halogens is 1. The van der Waals surface area contributed by atoms with E-state index in [1.807, 2.05) is 13.0 Å². The summed E-state index contributed by atoms with van der Waals surface area (Å²) in [6, 6.07) is 6.31. The van der Waals surface area contributed by atoms with Gasteiger partial charge in [-0.1, -0.05) is 6.92 Å². The third-order valence-electron chi connectivity index (χ3n) is 2.72. The fourth-order valence-corrected chi connectivity index (χ4v) is 1.71. The second kappa shape index (κ2) is 4.66. The van der Waals surface area contributed by atoms with Crippen molar-refractivity contribution in [2.45, 2.75) is 32.3 Å². The van der Waals surface area contributed by atoms with Crippen LogP contribution in [0.5, 0.6) is 0 Å². The number of hydrogen-bond donors (Lipinski definition) is 1. The van der Waals surface area contributed by atoms with Gasteiger partial charge in [0.1, 0.15) is 17.2 Å². The fraction of sp³-hybridized carbons (Fsp3) is 0.385. The van der Waals surface area contributed by atoms with Crippen LogP contribution in [0.1, 0.15) is 25.5 Å². The van der Waals surface area contributed by atoms with E-state index >= 15 is 0 Å². The minimum absolute atomic E-state index is 0.256. The molecule has 1 unspecified atom stereocenters. The topological polar surface area (TPSA) is 33.4 Å². The van der Waals surface area contributed by atoms with Crippen molar-refractivity contribution < 1.29 is 13.9 Å². The lowest BCUT2D eigenvalue weighted by atomic mass is 10.1. The van der Waals surface area contributed by atoms with Gasteiger partial charge in [0.15, 0.2) is 0 Å². The number of furan rings is 1. The molecule has 1 N–H and O–H groups in total. The molecule has 0 amide bonds. The highest BCUT2D eigenvalue weighted by Crippen LogP contribution is 2.21. The Labute approximate surface area is 93.7 Å². The summed E-state index contributed by atoms with van der Waals surface area (Å²) < 4.78 is 18.5. The predicted octanol–water partition coefficient (Wildman–Crippen LogP) is 3.28. The van der Waals surface area contributed by atoms with Crippen LogP contribution in [-0.2, 0) is 6.42 Å². The molecule has 0 fully saturated rings. The van der Waals surface area contributed by atoms with Crippen molar-refractivity contribution in [3.8, 4) is 0 Å². The molecule has 3 heteroatoms. The Morgan fingerprint density at radius 2 is 2.19 bits per heavy atom. The molecule has 0 saturated carbocycles. The van der Waals surface area contributed by atoms with E-state index < -0.39 is 0 Å². The molecule has 16 heavy (non-hydrogen) atoms. The zero-order chi connectivity index (χ0) is 11.5. The Morgan fingerprint density at radius 1 is 1.38 bits per heavy atom. The van der Waals surface area contributed by atoms with Gasteiger partial charge < -0.3 is 9.52 Å². The molecule has 0 radical (unpaired) electrons. The predicted molar refractivity (Wildman–Crippen MR) is 60.8 cm³/mol. The van der Waals surface area contributed by atoms with Crippen molar-refractivity contribution in [1.29, 1.82) is 0 Å². The van der Waals surface area contributed by atoms with Gasteiger partial charge in [0.2, 0.25) is 0 Å². The van der Waals surface area contributed by atoms with E-state index in [-0.39, 0.29) is 11.9 Å². The Morgan fingerprint density at radius 3 is 2.94 bits per heavy atom. The van der Waals surface area contributed by atoms with Crippen molar-refractivity contribution in [1.82, 2.24) is 0 Å². The van der Waals surface area contributed by atoms with Gasteiger partial charge in [-0.25, -0.2) is 4.39 Å². The molecule has 2 rings (SSSR count). The highest BCUT2D eigenvalue weighted by Gasteiger charge is 2.07. The number of aliphatic hydroxyl groups excluding tert-OH is 1. The first-order valence-corrected chi connectivity index (χ1v) is 5.55. The number of fused-ring (bicyclic) bond motifs is 1. The summed E-state index contributed by atoms with van der Waals surface area (Å²) in [5.41, 5.74) is 0.697. The first-order chi connectivity index (χ1) is 7.69. The van der Waals surface area contributed by atoms with E-state index in [0.29, 0.717) is 18.4 Å². The van der Waals surface area contributed by atoms with Crippen molar-refractivity contribution in [3.05, 3.63) is 35.8 Å². The largest absolute Gasteiger partial charge is 0.461 e. The molecular formula is C13H15FO2. The second-order valence-electron chi connectivity index (χ2n) is 4.00. The smallest absolute Gasteiger partial charge is 0.134 e. The maximum Gasteiger partial charge on any atom is 0.134 e. The molecular weight excluding hydrogens is 207 g/mol. The molecule has 1 heterocycles. The van der Waals surface area contributed by atoms with Gasteiger partial charge in [-0.3, -0.25) is 0 Å². The fourth-order valence-electron chi connectivity index (χ4n) is 1.71. The Kier molecular flexibility index (Phi) is 3.25. The maximum atomic E-state index is 12.9. The minimum atomic E-state index is -0.287. The first kappa shape index (κ1) is 11.1. The van der Waals surface area contributed by atoms with Crippen molar-refractivity contribution in [3.63, 3.8) is 0 Å². The van der Waals surface area contributed by atoms with Crippen LogP contribution >= 0.6 is 0 Å². The lowest BCUT2D eigenvalue weighted by molar-refractivity contribution is 0.158. The molecule has 2 nitrogen and oxygen atoms in total. The summed E-state index contributed by atoms with van der Waals surface area (Å²) >= 11 is 0. The van der Waals surface area contributed by atoms with E-state index in [4.69, 9.17) is 4.42 Å². The Balaban J connectivity index is 2.13. The van der Waals surface area contributed by atoms with Crippen LogP contribution in [0.3, 0.4) is 0 Å². The van der Waals surface area contributed by atoms with Gasteiger partial charge in [0.05, 0.1) is 6.10 Å². The van der Waals surface area contributed by atoms with E-state index in [1.54, 1.807) is 6.07 Å². The lowest BCUT2D eigenvalue weighted by Gasteiger charge is -2.04. The van der Waals surface area contributed by atoms with Gasteiger partial charge in [-0.05, 0) is 37.1 Å². The van der Waals surface area contributed by atoms with E-state index in [2.05, 4.69) is 0 Å². The summed E-state index contributed by atoms with van der Waals surface area (Å²) in [5, 5.41) is 10.2. The minimum Gasteiger partial charge on any atom is -0.461 e. The van der Waals surface area contributed by atoms with E-state index in [1.165, 1.54) is 12.1 Å². The van der Waals surface area contributed by atoms with Gasteiger partial charge in [0, 0.05) is 11.8 Å². The van der Waals surface area contributed by atoms with E-state index in [0.717, 1.165) is 17.6 Å². The standard InChI is InChI=1S/C13H15FO2/c1-2-11(15)4-5-12-8-9-7-10(14)3-6-13(9)16-12/h3,6-8,11,15H,2,4-5H2,1H3. The van der Waals surface area contributed by atoms with Crippen molar-refractivity contribution in [2.75, 3.05) is 0 Å². The van der Waals surface area contributed by atoms with Gasteiger partial charge in [0.25, 0.3) is 0 Å². The number of benzene rings is 1. The third kappa shape index (κ3) is 2.42. The average Bonchev–Trinajstić information content (AvgIpc) is 2.67. The van der Waals surface area contributed by atoms with Crippen LogP contribution in [0.15, 0.2) is 28.7 Å². The molecule has 0 aliphatic carbocycles. The molecule has 0 spiro atoms. The Hall–Kier alpha value is -1.35. The highest BCUT2D eigenvalue weighted by molar-refractivity contribution is 5.77. The summed E-state index contributed by atoms with van der Waals surface area (Å²) in [4.78, 5) is 0. The van der Waals surface area contributed by atoms with Crippen LogP contribution in [0, 0.1) is 5.82 Å². The quantitative estimate of drug-likeness (QED) is 0.861. The molecule has 1 aromatic heterocycles. The number of aryl methyl sites for hydroxylation is 1. The summed E-state index contributed by atoms with van der Waals surface area (Å²) in [7, 11) is 0. The third-order valence-corrected chi connectivity index (χ3v) is 2.72. The first-order valence-electron chi connectivity index (χ1n) is 5.55. The molecule has 1 aromatic carbocycles. The summed E-state index contributed by atoms with van der Waals surface area (Å²) in [6.45, 7) is 1.94. The molecule has 0 aliphatic heterocycles. The average molecular weight is 222 g/mol. The SMILES string of the molecule is CCC(O)CCc1cc2cc(F)ccc2o1. The summed E-state index contributed by atoms with van der Waals surface area (Å²) in [6.07, 6.45) is 1.82. The summed E-state index contributed by atoms with van der Waals surface area (Å²) in [5.74, 6) is 0.543. The molecule has 0 aliphatic rings. The van der Waals surface area contributed by atoms with Crippen LogP contribution in [0.25, 0.3) is 11.0 Å². The van der Waals surface area contributed by atoms with Crippen LogP contribution in [-0.4, -0.2) is 11.2 Å². The molecule has 0 saturated heterocycles. The second-order valence-corrected chi connectivity index (χ2v) is 4.00. The number of hydrogen-bond acceptors (Lipinski definition) is 2. The van der Waals surface area contributed by atoms with Crippen molar-refractivity contribution >= 4 is 11.0 Å². The maximum absolute atomic E-state index is 12.9.